The van der Waals surface area contributed by atoms with E-state index in [2.05, 4.69) is 17.1 Å². The molecule has 7 heteroatoms. The number of benzene rings is 2. The molecule has 0 aliphatic carbocycles. The molecule has 1 amide bonds. The lowest BCUT2D eigenvalue weighted by molar-refractivity contribution is 0.102. The molecule has 0 saturated carbocycles. The van der Waals surface area contributed by atoms with Gasteiger partial charge in [-0.1, -0.05) is 19.1 Å². The Labute approximate surface area is 185 Å². The van der Waals surface area contributed by atoms with E-state index in [0.717, 1.165) is 38.4 Å². The number of nitrogens with one attached hydrogen (secondary N) is 1. The number of nitrogens with zero attached hydrogens (tertiary/aromatic N) is 2. The van der Waals surface area contributed by atoms with Crippen LogP contribution in [0.5, 0.6) is 0 Å². The number of sulfonamides is 1. The molecule has 6 nitrogen and oxygen atoms in total. The van der Waals surface area contributed by atoms with Gasteiger partial charge in [-0.3, -0.25) is 9.69 Å². The van der Waals surface area contributed by atoms with Crippen molar-refractivity contribution >= 4 is 21.6 Å². The van der Waals surface area contributed by atoms with Crippen LogP contribution in [0, 0.1) is 5.92 Å². The number of rotatable bonds is 6. The molecule has 2 aliphatic heterocycles. The lowest BCUT2D eigenvalue weighted by Crippen LogP contribution is -2.33. The molecular weight excluding hydrogens is 410 g/mol. The van der Waals surface area contributed by atoms with Crippen LogP contribution < -0.4 is 5.32 Å². The topological polar surface area (TPSA) is 69.7 Å². The molecule has 31 heavy (non-hydrogen) atoms. The maximum atomic E-state index is 12.6. The Morgan fingerprint density at radius 3 is 2.29 bits per heavy atom. The number of amides is 1. The third kappa shape index (κ3) is 5.34. The maximum absolute atomic E-state index is 12.6. The van der Waals surface area contributed by atoms with Crippen molar-refractivity contribution in [3.8, 4) is 0 Å². The SMILES string of the molecule is C[C@@H]1CCCN(Cc2ccc(C(=O)Nc3ccc(S(=O)(=O)N4CCCC4)cc3)cc2)C1. The third-order valence-corrected chi connectivity index (χ3v) is 8.09. The van der Waals surface area contributed by atoms with E-state index in [4.69, 9.17) is 0 Å². The van der Waals surface area contributed by atoms with Crippen LogP contribution in [-0.4, -0.2) is 49.7 Å². The van der Waals surface area contributed by atoms with Crippen molar-refractivity contribution in [2.24, 2.45) is 5.92 Å². The summed E-state index contributed by atoms with van der Waals surface area (Å²) in [6.45, 7) is 6.64. The second-order valence-electron chi connectivity index (χ2n) is 8.77. The standard InChI is InChI=1S/C24H31N3O3S/c1-19-5-4-14-26(17-19)18-20-6-8-21(9-7-20)24(28)25-22-10-12-23(13-11-22)31(29,30)27-15-2-3-16-27/h6-13,19H,2-5,14-18H2,1H3,(H,25,28)/t19-/m1/s1. The zero-order valence-corrected chi connectivity index (χ0v) is 18.9. The van der Waals surface area contributed by atoms with Gasteiger partial charge in [0.2, 0.25) is 10.0 Å². The van der Waals surface area contributed by atoms with E-state index < -0.39 is 10.0 Å². The first-order chi connectivity index (χ1) is 14.9. The van der Waals surface area contributed by atoms with E-state index in [9.17, 15) is 13.2 Å². The normalized spacial score (nSPS) is 20.6. The van der Waals surface area contributed by atoms with E-state index in [0.29, 0.717) is 24.3 Å². The second-order valence-corrected chi connectivity index (χ2v) is 10.7. The minimum Gasteiger partial charge on any atom is -0.322 e. The minimum atomic E-state index is -3.44. The summed E-state index contributed by atoms with van der Waals surface area (Å²) in [4.78, 5) is 15.3. The molecule has 2 heterocycles. The van der Waals surface area contributed by atoms with Crippen molar-refractivity contribution in [3.63, 3.8) is 0 Å². The summed E-state index contributed by atoms with van der Waals surface area (Å²) in [5, 5.41) is 2.86. The Balaban J connectivity index is 1.35. The van der Waals surface area contributed by atoms with E-state index in [1.807, 2.05) is 24.3 Å². The lowest BCUT2D eigenvalue weighted by atomic mass is 9.99. The molecule has 2 aromatic carbocycles. The summed E-state index contributed by atoms with van der Waals surface area (Å²) >= 11 is 0. The fourth-order valence-corrected chi connectivity index (χ4v) is 5.96. The number of hydrogen-bond acceptors (Lipinski definition) is 4. The van der Waals surface area contributed by atoms with Gasteiger partial charge in [0.15, 0.2) is 0 Å². The molecule has 0 unspecified atom stereocenters. The highest BCUT2D eigenvalue weighted by atomic mass is 32.2. The first kappa shape index (κ1) is 22.0. The van der Waals surface area contributed by atoms with Crippen LogP contribution in [0.1, 0.15) is 48.5 Å². The molecule has 1 atom stereocenters. The third-order valence-electron chi connectivity index (χ3n) is 6.18. The van der Waals surface area contributed by atoms with Gasteiger partial charge in [0.25, 0.3) is 5.91 Å². The van der Waals surface area contributed by atoms with Crippen molar-refractivity contribution in [3.05, 3.63) is 59.7 Å². The second kappa shape index (κ2) is 9.51. The number of hydrogen-bond donors (Lipinski definition) is 1. The fraction of sp³-hybridized carbons (Fsp3) is 0.458. The zero-order chi connectivity index (χ0) is 21.8. The van der Waals surface area contributed by atoms with Gasteiger partial charge in [0.1, 0.15) is 0 Å². The van der Waals surface area contributed by atoms with Crippen LogP contribution in [0.4, 0.5) is 5.69 Å². The molecule has 2 saturated heterocycles. The Kier molecular flexibility index (Phi) is 6.74. The van der Waals surface area contributed by atoms with Crippen LogP contribution in [0.2, 0.25) is 0 Å². The van der Waals surface area contributed by atoms with Gasteiger partial charge in [-0.15, -0.1) is 0 Å². The number of anilines is 1. The van der Waals surface area contributed by atoms with Gasteiger partial charge >= 0.3 is 0 Å². The van der Waals surface area contributed by atoms with Crippen molar-refractivity contribution < 1.29 is 13.2 Å². The van der Waals surface area contributed by atoms with Crippen LogP contribution in [-0.2, 0) is 16.6 Å². The quantitative estimate of drug-likeness (QED) is 0.737. The minimum absolute atomic E-state index is 0.201. The monoisotopic (exact) mass is 441 g/mol. The summed E-state index contributed by atoms with van der Waals surface area (Å²) in [5.41, 5.74) is 2.38. The highest BCUT2D eigenvalue weighted by Crippen LogP contribution is 2.23. The Bertz CT molecular complexity index is 997. The van der Waals surface area contributed by atoms with Crippen LogP contribution >= 0.6 is 0 Å². The largest absolute Gasteiger partial charge is 0.322 e. The first-order valence-corrected chi connectivity index (χ1v) is 12.6. The molecule has 0 bridgehead atoms. The molecule has 2 fully saturated rings. The summed E-state index contributed by atoms with van der Waals surface area (Å²) in [5.74, 6) is 0.545. The molecule has 1 N–H and O–H groups in total. The fourth-order valence-electron chi connectivity index (χ4n) is 4.44. The molecule has 4 rings (SSSR count). The summed E-state index contributed by atoms with van der Waals surface area (Å²) in [7, 11) is -3.44. The lowest BCUT2D eigenvalue weighted by Gasteiger charge is -2.30. The van der Waals surface area contributed by atoms with E-state index in [1.54, 1.807) is 24.3 Å². The van der Waals surface area contributed by atoms with Crippen LogP contribution in [0.3, 0.4) is 0 Å². The van der Waals surface area contributed by atoms with Crippen molar-refractivity contribution in [2.45, 2.75) is 44.0 Å². The van der Waals surface area contributed by atoms with Crippen molar-refractivity contribution in [1.82, 2.24) is 9.21 Å². The highest BCUT2D eigenvalue weighted by molar-refractivity contribution is 7.89. The average molecular weight is 442 g/mol. The molecule has 166 valence electrons. The van der Waals surface area contributed by atoms with Gasteiger partial charge in [-0.25, -0.2) is 8.42 Å². The maximum Gasteiger partial charge on any atom is 0.255 e. The number of piperidine rings is 1. The molecular formula is C24H31N3O3S. The van der Waals surface area contributed by atoms with E-state index in [1.165, 1.54) is 22.7 Å². The van der Waals surface area contributed by atoms with Gasteiger partial charge < -0.3 is 5.32 Å². The molecule has 2 aromatic rings. The smallest absolute Gasteiger partial charge is 0.255 e. The predicted molar refractivity (Wildman–Crippen MR) is 123 cm³/mol. The Hall–Kier alpha value is -2.22. The Morgan fingerprint density at radius 1 is 0.968 bits per heavy atom. The average Bonchev–Trinajstić information content (AvgIpc) is 3.31. The number of carbonyl (C=O) groups excluding carboxylic acids is 1. The van der Waals surface area contributed by atoms with Crippen molar-refractivity contribution in [2.75, 3.05) is 31.5 Å². The van der Waals surface area contributed by atoms with E-state index >= 15 is 0 Å². The van der Waals surface area contributed by atoms with Crippen molar-refractivity contribution in [1.29, 1.82) is 0 Å². The molecule has 2 aliphatic rings. The van der Waals surface area contributed by atoms with Gasteiger partial charge in [0, 0.05) is 37.4 Å². The van der Waals surface area contributed by atoms with Gasteiger partial charge in [-0.05, 0) is 80.1 Å². The molecule has 0 radical (unpaired) electrons. The molecule has 0 spiro atoms. The summed E-state index contributed by atoms with van der Waals surface area (Å²) in [6.07, 6.45) is 4.37. The Morgan fingerprint density at radius 2 is 1.65 bits per heavy atom. The van der Waals surface area contributed by atoms with Crippen LogP contribution in [0.25, 0.3) is 0 Å². The van der Waals surface area contributed by atoms with Gasteiger partial charge in [-0.2, -0.15) is 4.31 Å². The summed E-state index contributed by atoms with van der Waals surface area (Å²) < 4.78 is 26.8. The summed E-state index contributed by atoms with van der Waals surface area (Å²) in [6, 6.07) is 14.1. The number of carbonyl (C=O) groups is 1. The predicted octanol–water partition coefficient (Wildman–Crippen LogP) is 3.96. The van der Waals surface area contributed by atoms with E-state index in [-0.39, 0.29) is 10.8 Å². The number of likely N-dealkylation sites (tertiary alicyclic amines) is 1. The highest BCUT2D eigenvalue weighted by Gasteiger charge is 2.27. The first-order valence-electron chi connectivity index (χ1n) is 11.1. The van der Waals surface area contributed by atoms with Crippen LogP contribution in [0.15, 0.2) is 53.4 Å². The van der Waals surface area contributed by atoms with Gasteiger partial charge in [0.05, 0.1) is 4.90 Å². The zero-order valence-electron chi connectivity index (χ0n) is 18.1. The molecule has 0 aromatic heterocycles.